The van der Waals surface area contributed by atoms with Gasteiger partial charge < -0.3 is 5.32 Å². The van der Waals surface area contributed by atoms with E-state index in [2.05, 4.69) is 15.5 Å². The molecule has 3 rings (SSSR count). The molecule has 0 unspecified atom stereocenters. The highest BCUT2D eigenvalue weighted by Crippen LogP contribution is 2.19. The first-order chi connectivity index (χ1) is 11.1. The van der Waals surface area contributed by atoms with Crippen molar-refractivity contribution in [3.8, 4) is 0 Å². The van der Waals surface area contributed by atoms with E-state index in [0.717, 1.165) is 0 Å². The molecule has 0 aliphatic carbocycles. The minimum Gasteiger partial charge on any atom is -0.320 e. The van der Waals surface area contributed by atoms with E-state index in [1.807, 2.05) is 0 Å². The number of benzene rings is 2. The molecule has 23 heavy (non-hydrogen) atoms. The third-order valence-electron chi connectivity index (χ3n) is 3.23. The number of rotatable bonds is 3. The van der Waals surface area contributed by atoms with E-state index in [-0.39, 0.29) is 17.1 Å². The molecule has 1 amide bonds. The fraction of sp³-hybridized carbons (Fsp3) is 0. The number of aromatic amines is 1. The Morgan fingerprint density at radius 1 is 1.13 bits per heavy atom. The topological polar surface area (TPSA) is 118 Å². The second-order valence-electron chi connectivity index (χ2n) is 4.71. The number of carbonyl (C=O) groups excluding carboxylic acids is 1. The second kappa shape index (κ2) is 5.68. The maximum absolute atomic E-state index is 12.4. The van der Waals surface area contributed by atoms with E-state index in [4.69, 9.17) is 0 Å². The smallest absolute Gasteiger partial charge is 0.276 e. The Kier molecular flexibility index (Phi) is 3.55. The van der Waals surface area contributed by atoms with Crippen LogP contribution in [0, 0.1) is 10.1 Å². The molecule has 0 fully saturated rings. The molecule has 114 valence electrons. The normalized spacial score (nSPS) is 10.4. The lowest BCUT2D eigenvalue weighted by molar-refractivity contribution is -0.384. The summed E-state index contributed by atoms with van der Waals surface area (Å²) in [6.07, 6.45) is 0. The Morgan fingerprint density at radius 3 is 2.61 bits per heavy atom. The van der Waals surface area contributed by atoms with E-state index >= 15 is 0 Å². The first-order valence-corrected chi connectivity index (χ1v) is 6.59. The predicted octanol–water partition coefficient (Wildman–Crippen LogP) is 2.08. The Bertz CT molecular complexity index is 980. The van der Waals surface area contributed by atoms with Crippen LogP contribution in [0.5, 0.6) is 0 Å². The number of hydrogen-bond donors (Lipinski definition) is 2. The number of anilines is 1. The maximum Gasteiger partial charge on any atom is 0.276 e. The molecule has 2 N–H and O–H groups in total. The fourth-order valence-corrected chi connectivity index (χ4v) is 2.18. The SMILES string of the molecule is O=C(Nc1cccc([N+](=O)[O-])c1)c1n[nH]c(=O)c2ccccc12. The number of non-ortho nitro benzene ring substituents is 1. The number of H-pyrrole nitrogens is 1. The van der Waals surface area contributed by atoms with Crippen molar-refractivity contribution in [1.29, 1.82) is 0 Å². The number of hydrogen-bond acceptors (Lipinski definition) is 5. The van der Waals surface area contributed by atoms with Gasteiger partial charge in [0.15, 0.2) is 5.69 Å². The van der Waals surface area contributed by atoms with Gasteiger partial charge in [0.05, 0.1) is 10.3 Å². The third kappa shape index (κ3) is 2.77. The number of nitro benzene ring substituents is 1. The largest absolute Gasteiger partial charge is 0.320 e. The highest BCUT2D eigenvalue weighted by atomic mass is 16.6. The van der Waals surface area contributed by atoms with Crippen LogP contribution in [0.2, 0.25) is 0 Å². The van der Waals surface area contributed by atoms with Crippen molar-refractivity contribution < 1.29 is 9.72 Å². The second-order valence-corrected chi connectivity index (χ2v) is 4.71. The molecule has 3 aromatic rings. The van der Waals surface area contributed by atoms with Gasteiger partial charge in [-0.15, -0.1) is 0 Å². The van der Waals surface area contributed by atoms with Crippen LogP contribution in [0.4, 0.5) is 11.4 Å². The molecule has 0 spiro atoms. The summed E-state index contributed by atoms with van der Waals surface area (Å²) in [6.45, 7) is 0. The van der Waals surface area contributed by atoms with Crippen molar-refractivity contribution in [1.82, 2.24) is 10.2 Å². The molecule has 8 nitrogen and oxygen atoms in total. The van der Waals surface area contributed by atoms with Gasteiger partial charge in [0.2, 0.25) is 0 Å². The molecule has 0 aliphatic rings. The van der Waals surface area contributed by atoms with Crippen molar-refractivity contribution in [2.24, 2.45) is 0 Å². The summed E-state index contributed by atoms with van der Waals surface area (Å²) in [5, 5.41) is 20.1. The van der Waals surface area contributed by atoms with Gasteiger partial charge in [-0.2, -0.15) is 5.10 Å². The van der Waals surface area contributed by atoms with Gasteiger partial charge in [-0.3, -0.25) is 19.7 Å². The summed E-state index contributed by atoms with van der Waals surface area (Å²) in [5.74, 6) is -0.571. The van der Waals surface area contributed by atoms with Crippen LogP contribution in [0.25, 0.3) is 10.8 Å². The molecule has 0 radical (unpaired) electrons. The highest BCUT2D eigenvalue weighted by Gasteiger charge is 2.15. The molecule has 8 heteroatoms. The lowest BCUT2D eigenvalue weighted by Gasteiger charge is -2.06. The van der Waals surface area contributed by atoms with Crippen LogP contribution >= 0.6 is 0 Å². The number of nitrogens with one attached hydrogen (secondary N) is 2. The first-order valence-electron chi connectivity index (χ1n) is 6.59. The number of amides is 1. The maximum atomic E-state index is 12.4. The Balaban J connectivity index is 1.99. The van der Waals surface area contributed by atoms with Crippen LogP contribution in [-0.2, 0) is 0 Å². The van der Waals surface area contributed by atoms with Crippen molar-refractivity contribution in [2.45, 2.75) is 0 Å². The van der Waals surface area contributed by atoms with Gasteiger partial charge in [0, 0.05) is 23.2 Å². The van der Waals surface area contributed by atoms with Gasteiger partial charge in [-0.25, -0.2) is 5.10 Å². The molecule has 0 saturated heterocycles. The summed E-state index contributed by atoms with van der Waals surface area (Å²) < 4.78 is 0. The summed E-state index contributed by atoms with van der Waals surface area (Å²) in [4.78, 5) is 34.3. The fourth-order valence-electron chi connectivity index (χ4n) is 2.18. The Hall–Kier alpha value is -3.55. The minimum atomic E-state index is -0.571. The average molecular weight is 310 g/mol. The molecule has 0 bridgehead atoms. The third-order valence-corrected chi connectivity index (χ3v) is 3.23. The van der Waals surface area contributed by atoms with Gasteiger partial charge in [-0.05, 0) is 12.1 Å². The lowest BCUT2D eigenvalue weighted by Crippen LogP contribution is -2.19. The van der Waals surface area contributed by atoms with Crippen LogP contribution in [0.15, 0.2) is 53.3 Å². The lowest BCUT2D eigenvalue weighted by atomic mass is 10.1. The monoisotopic (exact) mass is 310 g/mol. The Labute approximate surface area is 128 Å². The summed E-state index contributed by atoms with van der Waals surface area (Å²) in [7, 11) is 0. The van der Waals surface area contributed by atoms with Crippen molar-refractivity contribution >= 4 is 28.1 Å². The quantitative estimate of drug-likeness (QED) is 0.567. The van der Waals surface area contributed by atoms with Crippen molar-refractivity contribution in [3.05, 3.63) is 74.7 Å². The predicted molar refractivity (Wildman–Crippen MR) is 83.4 cm³/mol. The Morgan fingerprint density at radius 2 is 1.87 bits per heavy atom. The standard InChI is InChI=1S/C15H10N4O4/c20-14-12-7-2-1-6-11(12)13(17-18-14)15(21)16-9-4-3-5-10(8-9)19(22)23/h1-8H,(H,16,21)(H,18,20). The zero-order valence-electron chi connectivity index (χ0n) is 11.6. The number of nitro groups is 1. The van der Waals surface area contributed by atoms with E-state index in [1.165, 1.54) is 24.3 Å². The van der Waals surface area contributed by atoms with Crippen molar-refractivity contribution in [3.63, 3.8) is 0 Å². The number of fused-ring (bicyclic) bond motifs is 1. The van der Waals surface area contributed by atoms with Crippen LogP contribution in [0.1, 0.15) is 10.5 Å². The molecule has 2 aromatic carbocycles. The van der Waals surface area contributed by atoms with Gasteiger partial charge in [0.1, 0.15) is 0 Å². The van der Waals surface area contributed by atoms with Gasteiger partial charge in [0.25, 0.3) is 17.2 Å². The molecule has 0 saturated carbocycles. The van der Waals surface area contributed by atoms with Gasteiger partial charge >= 0.3 is 0 Å². The average Bonchev–Trinajstić information content (AvgIpc) is 2.55. The van der Waals surface area contributed by atoms with E-state index in [0.29, 0.717) is 10.8 Å². The van der Waals surface area contributed by atoms with E-state index in [9.17, 15) is 19.7 Å². The summed E-state index contributed by atoms with van der Waals surface area (Å²) in [6, 6.07) is 12.1. The molecule has 1 heterocycles. The zero-order chi connectivity index (χ0) is 16.4. The van der Waals surface area contributed by atoms with Gasteiger partial charge in [-0.1, -0.05) is 24.3 Å². The van der Waals surface area contributed by atoms with Crippen LogP contribution < -0.4 is 10.9 Å². The summed E-state index contributed by atoms with van der Waals surface area (Å²) >= 11 is 0. The molecular formula is C15H10N4O4. The van der Waals surface area contributed by atoms with E-state index in [1.54, 1.807) is 24.3 Å². The van der Waals surface area contributed by atoms with Crippen molar-refractivity contribution in [2.75, 3.05) is 5.32 Å². The van der Waals surface area contributed by atoms with Crippen LogP contribution in [-0.4, -0.2) is 21.0 Å². The zero-order valence-corrected chi connectivity index (χ0v) is 11.6. The van der Waals surface area contributed by atoms with Crippen LogP contribution in [0.3, 0.4) is 0 Å². The number of carbonyl (C=O) groups is 1. The molecule has 1 aromatic heterocycles. The minimum absolute atomic E-state index is 0.0340. The first kappa shape index (κ1) is 14.4. The number of aromatic nitrogens is 2. The van der Waals surface area contributed by atoms with E-state index < -0.39 is 16.4 Å². The molecule has 0 atom stereocenters. The highest BCUT2D eigenvalue weighted by molar-refractivity contribution is 6.11. The molecule has 0 aliphatic heterocycles. The number of nitrogens with zero attached hydrogens (tertiary/aromatic N) is 2. The molecular weight excluding hydrogens is 300 g/mol. The summed E-state index contributed by atoms with van der Waals surface area (Å²) in [5.41, 5.74) is -0.234.